The molecule has 0 amide bonds. The molecule has 4 saturated heterocycles. The van der Waals surface area contributed by atoms with Crippen LogP contribution in [0.5, 0.6) is 0 Å². The maximum Gasteiger partial charge on any atom is 0.207 e. The van der Waals surface area contributed by atoms with Crippen LogP contribution in [0.3, 0.4) is 0 Å². The molecule has 9 aromatic rings. The van der Waals surface area contributed by atoms with Gasteiger partial charge < -0.3 is 83.2 Å². The lowest BCUT2D eigenvalue weighted by atomic mass is 10.2. The van der Waals surface area contributed by atoms with Crippen LogP contribution in [0, 0.1) is 6.92 Å². The van der Waals surface area contributed by atoms with Crippen molar-refractivity contribution in [2.45, 2.75) is 32.6 Å². The van der Waals surface area contributed by atoms with Gasteiger partial charge in [-0.1, -0.05) is 23.7 Å². The van der Waals surface area contributed by atoms with E-state index < -0.39 is 0 Å². The van der Waals surface area contributed by atoms with Crippen LogP contribution in [0.4, 0.5) is 29.1 Å². The van der Waals surface area contributed by atoms with Crippen LogP contribution in [0.25, 0.3) is 44.7 Å². The van der Waals surface area contributed by atoms with Gasteiger partial charge in [-0.2, -0.15) is 4.98 Å². The number of nitrogens with one attached hydrogen (secondary N) is 6. The first-order chi connectivity index (χ1) is 42.2. The van der Waals surface area contributed by atoms with Crippen LogP contribution >= 0.6 is 27.5 Å². The van der Waals surface area contributed by atoms with Crippen LogP contribution in [-0.4, -0.2) is 240 Å². The Hall–Kier alpha value is -6.97. The summed E-state index contributed by atoms with van der Waals surface area (Å²) in [6.45, 7) is 17.5. The van der Waals surface area contributed by atoms with Crippen LogP contribution in [0.2, 0.25) is 5.15 Å². The molecule has 4 fully saturated rings. The predicted molar refractivity (Wildman–Crippen MR) is 329 cm³/mol. The number of morpholine rings is 4. The second-order valence-corrected chi connectivity index (χ2v) is 20.8. The van der Waals surface area contributed by atoms with Crippen molar-refractivity contribution in [2.75, 3.05) is 180 Å². The summed E-state index contributed by atoms with van der Waals surface area (Å²) in [5.41, 5.74) is 8.08. The molecule has 31 heteroatoms. The van der Waals surface area contributed by atoms with E-state index in [9.17, 15) is 0 Å². The van der Waals surface area contributed by atoms with Gasteiger partial charge in [-0.25, -0.2) is 54.8 Å². The highest BCUT2D eigenvalue weighted by atomic mass is 79.9. The molecule has 4 aliphatic heterocycles. The van der Waals surface area contributed by atoms with Crippen molar-refractivity contribution >= 4 is 101 Å². The zero-order valence-electron chi connectivity index (χ0n) is 49.2. The fourth-order valence-electron chi connectivity index (χ4n) is 9.19. The molecule has 29 nitrogen and oxygen atoms in total. The van der Waals surface area contributed by atoms with Gasteiger partial charge in [0.05, 0.1) is 91.9 Å². The first-order valence-electron chi connectivity index (χ1n) is 28.5. The first-order valence-corrected chi connectivity index (χ1v) is 29.7. The SMILES string of the molecule is C1COCCN1.COCCc1nc(Cl)c2[nH]cnc2n1.COCCc1nc(N2CCOCC2)c2[nH]c(Br)nc2n1.COCCc1nc(N2CCOCC2)c2[nH]c(Nc3cccc(C)c3)nc2n1.COCCc1nc(N2CCOCC2)c2[nH]cnc2n1. The number of aryl methyl sites for hydroxylation is 1. The summed E-state index contributed by atoms with van der Waals surface area (Å²) in [4.78, 5) is 72.3. The molecule has 0 bridgehead atoms. The zero-order chi connectivity index (χ0) is 59.9. The van der Waals surface area contributed by atoms with Crippen molar-refractivity contribution in [2.24, 2.45) is 0 Å². The third-order valence-corrected chi connectivity index (χ3v) is 14.2. The molecule has 8 aromatic heterocycles. The number of H-pyrrole nitrogens is 4. The van der Waals surface area contributed by atoms with Gasteiger partial charge in [0, 0.05) is 112 Å². The minimum absolute atomic E-state index is 0.401. The van der Waals surface area contributed by atoms with E-state index in [0.717, 1.165) is 136 Å². The summed E-state index contributed by atoms with van der Waals surface area (Å²) in [7, 11) is 6.66. The molecule has 0 unspecified atom stereocenters. The number of aromatic amines is 4. The Morgan fingerprint density at radius 1 is 0.512 bits per heavy atom. The predicted octanol–water partition coefficient (Wildman–Crippen LogP) is 4.75. The number of fused-ring (bicyclic) bond motifs is 4. The number of imidazole rings is 4. The molecule has 86 heavy (non-hydrogen) atoms. The third kappa shape index (κ3) is 18.1. The van der Waals surface area contributed by atoms with Crippen molar-refractivity contribution in [3.63, 3.8) is 0 Å². The number of methoxy groups -OCH3 is 4. The molecule has 0 saturated carbocycles. The minimum atomic E-state index is 0.401. The summed E-state index contributed by atoms with van der Waals surface area (Å²) >= 11 is 9.28. The molecular weight excluding hydrogens is 1200 g/mol. The van der Waals surface area contributed by atoms with Gasteiger partial charge >= 0.3 is 0 Å². The highest BCUT2D eigenvalue weighted by Crippen LogP contribution is 2.28. The van der Waals surface area contributed by atoms with E-state index in [1.54, 1.807) is 41.1 Å². The Labute approximate surface area is 510 Å². The quantitative estimate of drug-likeness (QED) is 0.0529. The highest BCUT2D eigenvalue weighted by molar-refractivity contribution is 9.10. The Kier molecular flexibility index (Phi) is 24.6. The fourth-order valence-corrected chi connectivity index (χ4v) is 9.80. The van der Waals surface area contributed by atoms with E-state index >= 15 is 0 Å². The molecule has 1 aromatic carbocycles. The van der Waals surface area contributed by atoms with Crippen molar-refractivity contribution in [1.29, 1.82) is 0 Å². The third-order valence-electron chi connectivity index (χ3n) is 13.5. The standard InChI is InChI=1S/C19H24N6O2.C12H16BrN5O2.C12H17N5O2.C8H9ClN4O.C4H9NO/c1-13-4-3-5-14(12-13)20-19-23-16-17(24-19)21-15(6-9-26-2)22-18(16)25-7-10-27-11-8-25;1-19-5-2-8-14-10-9(16-12(13)17-10)11(15-8)18-3-6-20-7-4-18;1-18-5-2-9-15-11-10(13-8-14-11)12(16-9)17-3-6-19-7-4-17;1-14-3-2-5-12-7(9)6-8(13-5)11-4-10-6;1-3-6-4-2-5-1/h3-5,12H,6-11H2,1-2H3,(H2,20,21,22,23,24);2-7H2,1H3,(H,14,15,16,17);8H,2-7H2,1H3,(H,13,14,15,16);4H,2-3H2,1H3,(H,10,11,12,13);5H,1-4H2. The molecule has 462 valence electrons. The molecule has 4 aliphatic rings. The first kappa shape index (κ1) is 63.5. The molecule has 13 rings (SSSR count). The molecule has 0 radical (unpaired) electrons. The van der Waals surface area contributed by atoms with Crippen molar-refractivity contribution < 1.29 is 37.9 Å². The van der Waals surface area contributed by atoms with Crippen LogP contribution < -0.4 is 25.3 Å². The molecular formula is C55H75BrClN21O8. The number of hydrogen-bond donors (Lipinski definition) is 6. The van der Waals surface area contributed by atoms with E-state index in [2.05, 4.69) is 135 Å². The van der Waals surface area contributed by atoms with Gasteiger partial charge in [-0.3, -0.25) is 0 Å². The fraction of sp³-hybridized carbons (Fsp3) is 0.527. The van der Waals surface area contributed by atoms with Crippen molar-refractivity contribution in [1.82, 2.24) is 85.1 Å². The number of rotatable bonds is 17. The van der Waals surface area contributed by atoms with Crippen LogP contribution in [0.1, 0.15) is 28.9 Å². The Bertz CT molecular complexity index is 3480. The smallest absolute Gasteiger partial charge is 0.207 e. The molecule has 6 N–H and O–H groups in total. The topological polar surface area (TPSA) is 325 Å². The number of halogens is 2. The Morgan fingerprint density at radius 3 is 1.41 bits per heavy atom. The molecule has 0 atom stereocenters. The number of hydrogen-bond acceptors (Lipinski definition) is 25. The Morgan fingerprint density at radius 2 is 0.942 bits per heavy atom. The van der Waals surface area contributed by atoms with Gasteiger partial charge in [0.15, 0.2) is 49.9 Å². The largest absolute Gasteiger partial charge is 0.384 e. The van der Waals surface area contributed by atoms with E-state index in [1.165, 1.54) is 5.56 Å². The lowest BCUT2D eigenvalue weighted by Gasteiger charge is -2.28. The number of anilines is 5. The summed E-state index contributed by atoms with van der Waals surface area (Å²) < 4.78 is 42.2. The van der Waals surface area contributed by atoms with Gasteiger partial charge in [0.1, 0.15) is 45.4 Å². The van der Waals surface area contributed by atoms with E-state index in [-0.39, 0.29) is 0 Å². The maximum absolute atomic E-state index is 5.92. The average molecular weight is 1270 g/mol. The lowest BCUT2D eigenvalue weighted by Crippen LogP contribution is -2.37. The molecule has 0 spiro atoms. The second kappa shape index (κ2) is 33.2. The van der Waals surface area contributed by atoms with Crippen LogP contribution in [-0.2, 0) is 63.6 Å². The molecule has 12 heterocycles. The van der Waals surface area contributed by atoms with Gasteiger partial charge in [0.25, 0.3) is 0 Å². The average Bonchev–Trinajstić information content (AvgIpc) is 3.16. The summed E-state index contributed by atoms with van der Waals surface area (Å²) in [5, 5.41) is 6.89. The minimum Gasteiger partial charge on any atom is -0.384 e. The zero-order valence-corrected chi connectivity index (χ0v) is 51.5. The normalized spacial score (nSPS) is 15.4. The number of benzene rings is 1. The molecule has 0 aliphatic carbocycles. The monoisotopic (exact) mass is 1270 g/mol. The van der Waals surface area contributed by atoms with Crippen LogP contribution in [0.15, 0.2) is 41.7 Å². The number of nitrogens with zero attached hydrogens (tertiary/aromatic N) is 15. The maximum atomic E-state index is 5.92. The van der Waals surface area contributed by atoms with Gasteiger partial charge in [-0.15, -0.1) is 0 Å². The van der Waals surface area contributed by atoms with Gasteiger partial charge in [0.2, 0.25) is 5.95 Å². The number of aromatic nitrogens is 16. The van der Waals surface area contributed by atoms with Crippen molar-refractivity contribution in [3.05, 3.63) is 75.7 Å². The summed E-state index contributed by atoms with van der Waals surface area (Å²) in [6, 6.07) is 8.17. The lowest BCUT2D eigenvalue weighted by molar-refractivity contribution is 0.109. The second-order valence-electron chi connectivity index (χ2n) is 19.7. The summed E-state index contributed by atoms with van der Waals surface area (Å²) in [6.07, 6.45) is 5.86. The highest BCUT2D eigenvalue weighted by Gasteiger charge is 2.23. The van der Waals surface area contributed by atoms with Gasteiger partial charge in [-0.05, 0) is 40.5 Å². The van der Waals surface area contributed by atoms with E-state index in [1.807, 2.05) is 12.1 Å². The number of ether oxygens (including phenoxy) is 8. The van der Waals surface area contributed by atoms with Crippen molar-refractivity contribution in [3.8, 4) is 0 Å². The summed E-state index contributed by atoms with van der Waals surface area (Å²) in [5.74, 6) is 6.24. The van der Waals surface area contributed by atoms with E-state index in [0.29, 0.717) is 128 Å². The van der Waals surface area contributed by atoms with E-state index in [4.69, 9.17) is 54.5 Å². The Balaban J connectivity index is 0.000000135.